The average molecular weight is 467 g/mol. The van der Waals surface area contributed by atoms with Gasteiger partial charge in [-0.15, -0.1) is 0 Å². The van der Waals surface area contributed by atoms with Crippen LogP contribution in [0.25, 0.3) is 5.76 Å². The van der Waals surface area contributed by atoms with E-state index >= 15 is 0 Å². The third-order valence-electron chi connectivity index (χ3n) is 6.66. The van der Waals surface area contributed by atoms with E-state index in [-0.39, 0.29) is 17.4 Å². The van der Waals surface area contributed by atoms with Crippen molar-refractivity contribution in [3.8, 4) is 5.75 Å². The Hall–Kier alpha value is -3.19. The van der Waals surface area contributed by atoms with Crippen LogP contribution in [0.3, 0.4) is 0 Å². The van der Waals surface area contributed by atoms with Crippen molar-refractivity contribution in [3.63, 3.8) is 0 Å². The highest BCUT2D eigenvalue weighted by Crippen LogP contribution is 2.40. The van der Waals surface area contributed by atoms with Crippen molar-refractivity contribution in [1.29, 1.82) is 0 Å². The summed E-state index contributed by atoms with van der Waals surface area (Å²) in [6.07, 6.45) is 1.43. The Kier molecular flexibility index (Phi) is 7.03. The molecule has 1 N–H and O–H groups in total. The molecule has 6 nitrogen and oxygen atoms in total. The molecule has 0 saturated carbocycles. The molecule has 34 heavy (non-hydrogen) atoms. The van der Waals surface area contributed by atoms with Gasteiger partial charge in [0.1, 0.15) is 23.4 Å². The van der Waals surface area contributed by atoms with Gasteiger partial charge in [0.15, 0.2) is 0 Å². The lowest BCUT2D eigenvalue weighted by Crippen LogP contribution is -2.33. The van der Waals surface area contributed by atoms with Crippen LogP contribution >= 0.6 is 0 Å². The second-order valence-corrected chi connectivity index (χ2v) is 8.88. The fourth-order valence-corrected chi connectivity index (χ4v) is 4.83. The highest BCUT2D eigenvalue weighted by Gasteiger charge is 2.45. The van der Waals surface area contributed by atoms with Crippen molar-refractivity contribution < 1.29 is 23.8 Å². The van der Waals surface area contributed by atoms with Gasteiger partial charge in [0, 0.05) is 18.5 Å². The van der Waals surface area contributed by atoms with E-state index in [1.54, 1.807) is 24.3 Å². The number of amides is 1. The fourth-order valence-electron chi connectivity index (χ4n) is 4.83. The minimum atomic E-state index is -0.777. The number of carbonyl (C=O) groups excluding carboxylic acids is 2. The quantitative estimate of drug-likeness (QED) is 0.357. The van der Waals surface area contributed by atoms with Crippen LogP contribution in [0.5, 0.6) is 5.75 Å². The van der Waals surface area contributed by atoms with E-state index < -0.39 is 23.5 Å². The summed E-state index contributed by atoms with van der Waals surface area (Å²) >= 11 is 0. The summed E-state index contributed by atoms with van der Waals surface area (Å²) in [5.74, 6) is -1.24. The number of nitrogens with zero attached hydrogens (tertiary/aromatic N) is 2. The van der Waals surface area contributed by atoms with E-state index in [1.165, 1.54) is 17.0 Å². The second kappa shape index (κ2) is 9.97. The monoisotopic (exact) mass is 466 g/mol. The molecule has 0 unspecified atom stereocenters. The van der Waals surface area contributed by atoms with E-state index in [0.717, 1.165) is 30.9 Å². The predicted molar refractivity (Wildman–Crippen MR) is 128 cm³/mol. The molecule has 0 spiro atoms. The van der Waals surface area contributed by atoms with Gasteiger partial charge < -0.3 is 19.6 Å². The first-order chi connectivity index (χ1) is 16.3. The SMILES string of the molecule is CCN(CC)CCCN1C(=O)C(=O)/C(=C(/O)c2ccc3c(c2)C[C@@H](C)O3)[C@H]1c1ccc(F)cc1. The number of carbonyl (C=O) groups is 2. The molecule has 7 heteroatoms. The Bertz CT molecular complexity index is 1110. The molecule has 2 atom stereocenters. The third kappa shape index (κ3) is 4.57. The fraction of sp³-hybridized carbons (Fsp3) is 0.407. The lowest BCUT2D eigenvalue weighted by molar-refractivity contribution is -0.140. The zero-order valence-electron chi connectivity index (χ0n) is 19.9. The van der Waals surface area contributed by atoms with E-state index in [9.17, 15) is 19.1 Å². The van der Waals surface area contributed by atoms with Crippen LogP contribution < -0.4 is 4.74 Å². The van der Waals surface area contributed by atoms with Crippen molar-refractivity contribution in [1.82, 2.24) is 9.80 Å². The number of hydrogen-bond donors (Lipinski definition) is 1. The number of ketones is 1. The molecule has 1 saturated heterocycles. The standard InChI is InChI=1S/C27H31FN2O4/c1-4-29(5-2)13-6-14-30-24(18-7-10-21(28)11-8-18)23(26(32)27(30)33)25(31)19-9-12-22-20(16-19)15-17(3)34-22/h7-12,16-17,24,31H,4-6,13-15H2,1-3H3/b25-23+/t17-,24-/m1/s1. The summed E-state index contributed by atoms with van der Waals surface area (Å²) < 4.78 is 19.4. The molecule has 2 heterocycles. The van der Waals surface area contributed by atoms with Crippen LogP contribution in [-0.2, 0) is 16.0 Å². The summed E-state index contributed by atoms with van der Waals surface area (Å²) in [5.41, 5.74) is 2.03. The Morgan fingerprint density at radius 2 is 1.85 bits per heavy atom. The van der Waals surface area contributed by atoms with Crippen LogP contribution in [0.15, 0.2) is 48.0 Å². The first-order valence-corrected chi connectivity index (χ1v) is 11.9. The summed E-state index contributed by atoms with van der Waals surface area (Å²) in [6.45, 7) is 9.07. The van der Waals surface area contributed by atoms with Crippen LogP contribution in [0.4, 0.5) is 4.39 Å². The van der Waals surface area contributed by atoms with Crippen LogP contribution in [0.1, 0.15) is 49.9 Å². The van der Waals surface area contributed by atoms with Crippen molar-refractivity contribution in [2.75, 3.05) is 26.2 Å². The maximum Gasteiger partial charge on any atom is 0.295 e. The maximum atomic E-state index is 13.6. The maximum absolute atomic E-state index is 13.6. The lowest BCUT2D eigenvalue weighted by Gasteiger charge is -2.26. The van der Waals surface area contributed by atoms with Gasteiger partial charge in [0.2, 0.25) is 0 Å². The van der Waals surface area contributed by atoms with Crippen LogP contribution in [0, 0.1) is 5.82 Å². The van der Waals surface area contributed by atoms with Crippen molar-refractivity contribution >= 4 is 17.4 Å². The average Bonchev–Trinajstić information content (AvgIpc) is 3.32. The molecule has 1 fully saturated rings. The number of fused-ring (bicyclic) bond motifs is 1. The molecule has 2 aliphatic rings. The van der Waals surface area contributed by atoms with Crippen molar-refractivity contribution in [3.05, 3.63) is 70.5 Å². The molecule has 0 radical (unpaired) electrons. The van der Waals surface area contributed by atoms with Gasteiger partial charge in [-0.25, -0.2) is 4.39 Å². The molecule has 0 aromatic heterocycles. The number of benzene rings is 2. The molecule has 1 amide bonds. The number of likely N-dealkylation sites (tertiary alicyclic amines) is 1. The predicted octanol–water partition coefficient (Wildman–Crippen LogP) is 4.30. The molecule has 2 aromatic carbocycles. The normalized spacial score (nSPS) is 21.3. The number of ether oxygens (including phenoxy) is 1. The number of halogens is 1. The van der Waals surface area contributed by atoms with Crippen LogP contribution in [0.2, 0.25) is 0 Å². The highest BCUT2D eigenvalue weighted by atomic mass is 19.1. The Morgan fingerprint density at radius 1 is 1.15 bits per heavy atom. The van der Waals surface area contributed by atoms with Gasteiger partial charge in [0.25, 0.3) is 11.7 Å². The molecule has 4 rings (SSSR count). The van der Waals surface area contributed by atoms with E-state index in [0.29, 0.717) is 30.5 Å². The Balaban J connectivity index is 1.72. The third-order valence-corrected chi connectivity index (χ3v) is 6.66. The summed E-state index contributed by atoms with van der Waals surface area (Å²) in [6, 6.07) is 10.2. The summed E-state index contributed by atoms with van der Waals surface area (Å²) in [4.78, 5) is 30.0. The first kappa shape index (κ1) is 24.0. The lowest BCUT2D eigenvalue weighted by atomic mass is 9.94. The minimum absolute atomic E-state index is 0.0337. The van der Waals surface area contributed by atoms with Gasteiger partial charge in [-0.3, -0.25) is 9.59 Å². The van der Waals surface area contributed by atoms with E-state index in [4.69, 9.17) is 4.74 Å². The molecule has 0 bridgehead atoms. The van der Waals surface area contributed by atoms with Crippen LogP contribution in [-0.4, -0.2) is 58.9 Å². The molecule has 2 aromatic rings. The first-order valence-electron chi connectivity index (χ1n) is 11.9. The number of rotatable bonds is 8. The number of aliphatic hydroxyl groups is 1. The van der Waals surface area contributed by atoms with Gasteiger partial charge in [-0.05, 0) is 74.4 Å². The van der Waals surface area contributed by atoms with Gasteiger partial charge >= 0.3 is 0 Å². The largest absolute Gasteiger partial charge is 0.507 e. The zero-order chi connectivity index (χ0) is 24.4. The summed E-state index contributed by atoms with van der Waals surface area (Å²) in [7, 11) is 0. The molecular formula is C27H31FN2O4. The Labute approximate surface area is 199 Å². The molecule has 2 aliphatic heterocycles. The second-order valence-electron chi connectivity index (χ2n) is 8.88. The van der Waals surface area contributed by atoms with Gasteiger partial charge in [0.05, 0.1) is 11.6 Å². The Morgan fingerprint density at radius 3 is 2.53 bits per heavy atom. The zero-order valence-corrected chi connectivity index (χ0v) is 19.9. The van der Waals surface area contributed by atoms with Gasteiger partial charge in [-0.1, -0.05) is 26.0 Å². The molecular weight excluding hydrogens is 435 g/mol. The minimum Gasteiger partial charge on any atom is -0.507 e. The number of aliphatic hydroxyl groups excluding tert-OH is 1. The molecule has 180 valence electrons. The number of hydrogen-bond acceptors (Lipinski definition) is 5. The van der Waals surface area contributed by atoms with E-state index in [2.05, 4.69) is 18.7 Å². The van der Waals surface area contributed by atoms with Crippen molar-refractivity contribution in [2.45, 2.75) is 45.8 Å². The van der Waals surface area contributed by atoms with Gasteiger partial charge in [-0.2, -0.15) is 0 Å². The van der Waals surface area contributed by atoms with E-state index in [1.807, 2.05) is 13.0 Å². The van der Waals surface area contributed by atoms with Crippen molar-refractivity contribution in [2.24, 2.45) is 0 Å². The molecule has 0 aliphatic carbocycles. The summed E-state index contributed by atoms with van der Waals surface area (Å²) in [5, 5.41) is 11.3. The topological polar surface area (TPSA) is 70.1 Å². The smallest absolute Gasteiger partial charge is 0.295 e. The highest BCUT2D eigenvalue weighted by molar-refractivity contribution is 6.46. The number of Topliss-reactive ketones (excluding diaryl/α,β-unsaturated/α-hetero) is 1.